The van der Waals surface area contributed by atoms with E-state index in [9.17, 15) is 19.7 Å². The Balaban J connectivity index is 2.52. The molecular formula is C14H17N3O4. The first-order valence-corrected chi connectivity index (χ1v) is 6.38. The zero-order valence-corrected chi connectivity index (χ0v) is 11.8. The normalized spacial score (nSPS) is 10.6. The van der Waals surface area contributed by atoms with Gasteiger partial charge in [0.25, 0.3) is 5.69 Å². The Labute approximate surface area is 122 Å². The van der Waals surface area contributed by atoms with Crippen LogP contribution in [-0.4, -0.2) is 29.3 Å². The summed E-state index contributed by atoms with van der Waals surface area (Å²) in [5.74, 6) is -0.720. The van der Waals surface area contributed by atoms with E-state index in [4.69, 9.17) is 0 Å². The van der Waals surface area contributed by atoms with Crippen LogP contribution in [0.4, 0.5) is 5.69 Å². The molecule has 2 amide bonds. The van der Waals surface area contributed by atoms with Gasteiger partial charge < -0.3 is 10.6 Å². The van der Waals surface area contributed by atoms with Crippen LogP contribution in [0.15, 0.2) is 30.3 Å². The third-order valence-electron chi connectivity index (χ3n) is 2.38. The highest BCUT2D eigenvalue weighted by Gasteiger charge is 2.05. The molecule has 1 aromatic rings. The summed E-state index contributed by atoms with van der Waals surface area (Å²) in [4.78, 5) is 32.9. The highest BCUT2D eigenvalue weighted by molar-refractivity contribution is 5.94. The van der Waals surface area contributed by atoms with Gasteiger partial charge in [-0.05, 0) is 25.5 Å². The fraction of sp³-hybridized carbons (Fsp3) is 0.286. The third kappa shape index (κ3) is 6.33. The standard InChI is InChI=1S/C14H17N3O4/c1-10(2)16-14(19)9-15-13(18)7-6-11-4-3-5-12(8-11)17(20)21/h3-8,10H,9H2,1-2H3,(H,15,18)(H,16,19). The monoisotopic (exact) mass is 291 g/mol. The molecule has 0 aliphatic heterocycles. The van der Waals surface area contributed by atoms with Crippen molar-refractivity contribution in [2.24, 2.45) is 0 Å². The van der Waals surface area contributed by atoms with E-state index in [1.165, 1.54) is 30.4 Å². The smallest absolute Gasteiger partial charge is 0.270 e. The lowest BCUT2D eigenvalue weighted by atomic mass is 10.2. The molecule has 0 fully saturated rings. The minimum Gasteiger partial charge on any atom is -0.352 e. The van der Waals surface area contributed by atoms with E-state index in [1.54, 1.807) is 6.07 Å². The number of benzene rings is 1. The van der Waals surface area contributed by atoms with Crippen molar-refractivity contribution in [2.45, 2.75) is 19.9 Å². The van der Waals surface area contributed by atoms with Crippen molar-refractivity contribution in [3.05, 3.63) is 46.0 Å². The summed E-state index contributed by atoms with van der Waals surface area (Å²) in [7, 11) is 0. The molecule has 2 N–H and O–H groups in total. The number of carbonyl (C=O) groups is 2. The molecular weight excluding hydrogens is 274 g/mol. The van der Waals surface area contributed by atoms with E-state index in [0.717, 1.165) is 0 Å². The number of nitrogens with one attached hydrogen (secondary N) is 2. The fourth-order valence-electron chi connectivity index (χ4n) is 1.51. The Kier molecular flexibility index (Phi) is 6.06. The van der Waals surface area contributed by atoms with Crippen molar-refractivity contribution >= 4 is 23.6 Å². The molecule has 0 heterocycles. The Morgan fingerprint density at radius 1 is 1.38 bits per heavy atom. The van der Waals surface area contributed by atoms with E-state index < -0.39 is 10.8 Å². The Morgan fingerprint density at radius 3 is 2.71 bits per heavy atom. The number of carbonyl (C=O) groups excluding carboxylic acids is 2. The van der Waals surface area contributed by atoms with E-state index in [2.05, 4.69) is 10.6 Å². The van der Waals surface area contributed by atoms with Gasteiger partial charge in [-0.1, -0.05) is 12.1 Å². The molecule has 0 saturated heterocycles. The lowest BCUT2D eigenvalue weighted by molar-refractivity contribution is -0.384. The second kappa shape index (κ2) is 7.78. The van der Waals surface area contributed by atoms with Gasteiger partial charge in [-0.2, -0.15) is 0 Å². The van der Waals surface area contributed by atoms with Crippen molar-refractivity contribution in [1.82, 2.24) is 10.6 Å². The molecule has 0 aliphatic rings. The molecule has 7 nitrogen and oxygen atoms in total. The maximum absolute atomic E-state index is 11.5. The molecule has 1 rings (SSSR count). The summed E-state index contributed by atoms with van der Waals surface area (Å²) in [6.07, 6.45) is 2.67. The van der Waals surface area contributed by atoms with Gasteiger partial charge >= 0.3 is 0 Å². The van der Waals surface area contributed by atoms with Crippen LogP contribution in [0.3, 0.4) is 0 Å². The molecule has 7 heteroatoms. The van der Waals surface area contributed by atoms with Gasteiger partial charge in [-0.3, -0.25) is 19.7 Å². The van der Waals surface area contributed by atoms with Gasteiger partial charge in [0.15, 0.2) is 0 Å². The quantitative estimate of drug-likeness (QED) is 0.468. The number of non-ortho nitro benzene ring substituents is 1. The fourth-order valence-corrected chi connectivity index (χ4v) is 1.51. The summed E-state index contributed by atoms with van der Waals surface area (Å²) in [5, 5.41) is 15.7. The minimum atomic E-state index is -0.506. The largest absolute Gasteiger partial charge is 0.352 e. The van der Waals surface area contributed by atoms with E-state index in [0.29, 0.717) is 5.56 Å². The Bertz CT molecular complexity index is 567. The van der Waals surface area contributed by atoms with E-state index >= 15 is 0 Å². The van der Waals surface area contributed by atoms with Crippen LogP contribution in [-0.2, 0) is 9.59 Å². The van der Waals surface area contributed by atoms with Gasteiger partial charge in [0, 0.05) is 24.3 Å². The molecule has 0 saturated carbocycles. The molecule has 0 aliphatic carbocycles. The van der Waals surface area contributed by atoms with Crippen molar-refractivity contribution in [1.29, 1.82) is 0 Å². The van der Waals surface area contributed by atoms with Crippen LogP contribution >= 0.6 is 0 Å². The molecule has 21 heavy (non-hydrogen) atoms. The highest BCUT2D eigenvalue weighted by atomic mass is 16.6. The van der Waals surface area contributed by atoms with Crippen LogP contribution in [0.25, 0.3) is 6.08 Å². The molecule has 0 unspecified atom stereocenters. The average Bonchev–Trinajstić information content (AvgIpc) is 2.42. The third-order valence-corrected chi connectivity index (χ3v) is 2.38. The predicted octanol–water partition coefficient (Wildman–Crippen LogP) is 1.25. The summed E-state index contributed by atoms with van der Waals surface area (Å²) in [5.41, 5.74) is 0.486. The van der Waals surface area contributed by atoms with E-state index in [-0.39, 0.29) is 24.2 Å². The molecule has 0 radical (unpaired) electrons. The van der Waals surface area contributed by atoms with Gasteiger partial charge in [0.05, 0.1) is 11.5 Å². The molecule has 112 valence electrons. The number of nitro benzene ring substituents is 1. The second-order valence-electron chi connectivity index (χ2n) is 4.63. The maximum Gasteiger partial charge on any atom is 0.270 e. The summed E-state index contributed by atoms with van der Waals surface area (Å²) in [6.45, 7) is 3.53. The van der Waals surface area contributed by atoms with E-state index in [1.807, 2.05) is 13.8 Å². The van der Waals surface area contributed by atoms with Crippen LogP contribution < -0.4 is 10.6 Å². The highest BCUT2D eigenvalue weighted by Crippen LogP contribution is 2.13. The molecule has 0 spiro atoms. The van der Waals surface area contributed by atoms with Crippen LogP contribution in [0.1, 0.15) is 19.4 Å². The van der Waals surface area contributed by atoms with Crippen molar-refractivity contribution in [3.63, 3.8) is 0 Å². The van der Waals surface area contributed by atoms with Crippen LogP contribution in [0.2, 0.25) is 0 Å². The van der Waals surface area contributed by atoms with Crippen LogP contribution in [0.5, 0.6) is 0 Å². The molecule has 0 aromatic heterocycles. The van der Waals surface area contributed by atoms with Gasteiger partial charge in [-0.15, -0.1) is 0 Å². The minimum absolute atomic E-state index is 0.00909. The number of hydrogen-bond donors (Lipinski definition) is 2. The van der Waals surface area contributed by atoms with Gasteiger partial charge in [0.1, 0.15) is 0 Å². The lowest BCUT2D eigenvalue weighted by Gasteiger charge is -2.07. The number of nitrogens with zero attached hydrogens (tertiary/aromatic N) is 1. The van der Waals surface area contributed by atoms with Gasteiger partial charge in [-0.25, -0.2) is 0 Å². The zero-order valence-electron chi connectivity index (χ0n) is 11.8. The Morgan fingerprint density at radius 2 is 2.10 bits per heavy atom. The number of nitro groups is 1. The number of hydrogen-bond acceptors (Lipinski definition) is 4. The summed E-state index contributed by atoms with van der Waals surface area (Å²) in [6, 6.07) is 5.91. The summed E-state index contributed by atoms with van der Waals surface area (Å²) >= 11 is 0. The van der Waals surface area contributed by atoms with Crippen LogP contribution in [0, 0.1) is 10.1 Å². The SMILES string of the molecule is CC(C)NC(=O)CNC(=O)C=Cc1cccc([N+](=O)[O-])c1. The first-order valence-electron chi connectivity index (χ1n) is 6.38. The summed E-state index contributed by atoms with van der Waals surface area (Å²) < 4.78 is 0. The first-order chi connectivity index (χ1) is 9.88. The first kappa shape index (κ1) is 16.4. The maximum atomic E-state index is 11.5. The lowest BCUT2D eigenvalue weighted by Crippen LogP contribution is -2.39. The zero-order chi connectivity index (χ0) is 15.8. The topological polar surface area (TPSA) is 101 Å². The van der Waals surface area contributed by atoms with Gasteiger partial charge in [0.2, 0.25) is 11.8 Å². The molecule has 0 bridgehead atoms. The predicted molar refractivity (Wildman–Crippen MR) is 78.4 cm³/mol. The van der Waals surface area contributed by atoms with Crippen molar-refractivity contribution in [2.75, 3.05) is 6.54 Å². The van der Waals surface area contributed by atoms with Crippen molar-refractivity contribution < 1.29 is 14.5 Å². The van der Waals surface area contributed by atoms with Crippen molar-refractivity contribution in [3.8, 4) is 0 Å². The molecule has 1 aromatic carbocycles. The Hall–Kier alpha value is -2.70. The number of rotatable bonds is 6. The second-order valence-corrected chi connectivity index (χ2v) is 4.63. The average molecular weight is 291 g/mol. The number of amides is 2. The molecule has 0 atom stereocenters.